The number of carboxylic acids is 1. The van der Waals surface area contributed by atoms with Crippen molar-refractivity contribution in [2.75, 3.05) is 0 Å². The molecule has 1 unspecified atom stereocenters. The maximum absolute atomic E-state index is 12.4. The Morgan fingerprint density at radius 1 is 1.13 bits per heavy atom. The molecular formula is C26H41NO3S. The fourth-order valence-corrected chi connectivity index (χ4v) is 4.14. The number of allylic oxidation sites excluding steroid dienone is 3. The molecule has 1 aromatic heterocycles. The quantitative estimate of drug-likeness (QED) is 0.281. The summed E-state index contributed by atoms with van der Waals surface area (Å²) in [6.45, 7) is 12.4. The summed E-state index contributed by atoms with van der Waals surface area (Å²) in [6, 6.07) is 0. The van der Waals surface area contributed by atoms with Crippen molar-refractivity contribution in [3.8, 4) is 0 Å². The van der Waals surface area contributed by atoms with Crippen molar-refractivity contribution in [3.63, 3.8) is 0 Å². The zero-order valence-electron chi connectivity index (χ0n) is 20.3. The van der Waals surface area contributed by atoms with Gasteiger partial charge < -0.3 is 5.11 Å². The van der Waals surface area contributed by atoms with Crippen molar-refractivity contribution >= 4 is 29.2 Å². The molecule has 1 aromatic rings. The average Bonchev–Trinajstić information content (AvgIpc) is 3.09. The van der Waals surface area contributed by atoms with Crippen LogP contribution in [0.4, 0.5) is 0 Å². The number of Topliss-reactive ketones (excluding diaryl/α,β-unsaturated/α-hetero) is 1. The molecule has 5 heteroatoms. The fourth-order valence-electron chi connectivity index (χ4n) is 3.57. The van der Waals surface area contributed by atoms with Gasteiger partial charge in [-0.05, 0) is 71.3 Å². The second kappa shape index (κ2) is 13.6. The van der Waals surface area contributed by atoms with E-state index >= 15 is 0 Å². The predicted octanol–water partition coefficient (Wildman–Crippen LogP) is 7.63. The number of nitrogens with zero attached hydrogens (tertiary/aromatic N) is 1. The van der Waals surface area contributed by atoms with Crippen LogP contribution >= 0.6 is 11.3 Å². The molecule has 0 spiro atoms. The normalized spacial score (nSPS) is 14.0. The number of carbonyl (C=O) groups is 2. The van der Waals surface area contributed by atoms with Crippen LogP contribution < -0.4 is 0 Å². The Labute approximate surface area is 192 Å². The number of rotatable bonds is 15. The molecular weight excluding hydrogens is 406 g/mol. The molecule has 4 nitrogen and oxygen atoms in total. The van der Waals surface area contributed by atoms with E-state index in [0.29, 0.717) is 18.8 Å². The van der Waals surface area contributed by atoms with Gasteiger partial charge in [0, 0.05) is 23.6 Å². The number of hydrogen-bond donors (Lipinski definition) is 1. The van der Waals surface area contributed by atoms with Crippen LogP contribution in [0.1, 0.15) is 103 Å². The van der Waals surface area contributed by atoms with E-state index in [1.807, 2.05) is 20.8 Å². The van der Waals surface area contributed by atoms with Crippen LogP contribution in [0.5, 0.6) is 0 Å². The zero-order valence-corrected chi connectivity index (χ0v) is 21.1. The summed E-state index contributed by atoms with van der Waals surface area (Å²) in [5.74, 6) is -0.134. The molecule has 0 radical (unpaired) electrons. The van der Waals surface area contributed by atoms with Gasteiger partial charge in [0.05, 0.1) is 10.7 Å². The molecule has 0 fully saturated rings. The van der Waals surface area contributed by atoms with E-state index in [-0.39, 0.29) is 12.2 Å². The number of thiazole rings is 1. The topological polar surface area (TPSA) is 67.3 Å². The van der Waals surface area contributed by atoms with Crippen molar-refractivity contribution < 1.29 is 14.7 Å². The molecule has 31 heavy (non-hydrogen) atoms. The first-order valence-corrected chi connectivity index (χ1v) is 12.4. The number of aromatic nitrogens is 1. The third-order valence-corrected chi connectivity index (χ3v) is 6.71. The van der Waals surface area contributed by atoms with Gasteiger partial charge in [-0.1, -0.05) is 44.4 Å². The molecule has 0 aliphatic carbocycles. The highest BCUT2D eigenvalue weighted by molar-refractivity contribution is 7.09. The zero-order chi connectivity index (χ0) is 23.4. The highest BCUT2D eigenvalue weighted by Crippen LogP contribution is 2.27. The SMILES string of the molecule is CC(=Cc1csc(C)n1)CCC=C(C)CCCC(C)CCC(=O)C(C)(C)CCC(=O)O. The number of carboxylic acid groups (broad SMARTS) is 1. The minimum Gasteiger partial charge on any atom is -0.481 e. The maximum Gasteiger partial charge on any atom is 0.303 e. The van der Waals surface area contributed by atoms with Crippen molar-refractivity contribution in [2.45, 2.75) is 99.3 Å². The molecule has 0 aliphatic rings. The maximum atomic E-state index is 12.4. The van der Waals surface area contributed by atoms with Gasteiger partial charge in [-0.25, -0.2) is 4.98 Å². The van der Waals surface area contributed by atoms with Crippen molar-refractivity contribution in [1.29, 1.82) is 0 Å². The van der Waals surface area contributed by atoms with Crippen LogP contribution in [0.15, 0.2) is 22.6 Å². The average molecular weight is 448 g/mol. The number of aryl methyl sites for hydroxylation is 1. The Bertz CT molecular complexity index is 773. The lowest BCUT2D eigenvalue weighted by Crippen LogP contribution is -2.25. The molecule has 0 bridgehead atoms. The third-order valence-electron chi connectivity index (χ3n) is 5.91. The second-order valence-corrected chi connectivity index (χ2v) is 10.7. The smallest absolute Gasteiger partial charge is 0.303 e. The third kappa shape index (κ3) is 12.0. The first kappa shape index (κ1) is 27.3. The molecule has 1 atom stereocenters. The standard InChI is InChI=1S/C26H41NO3S/c1-19(10-8-12-21(3)17-23-18-31-22(4)27-23)9-7-11-20(2)13-14-24(28)26(5,6)16-15-25(29)30/h10,17-18,20H,7-9,11-16H2,1-6H3,(H,29,30). The van der Waals surface area contributed by atoms with Crippen molar-refractivity contribution in [3.05, 3.63) is 33.3 Å². The minimum absolute atomic E-state index is 0.0553. The summed E-state index contributed by atoms with van der Waals surface area (Å²) < 4.78 is 0. The van der Waals surface area contributed by atoms with Gasteiger partial charge in [0.2, 0.25) is 0 Å². The number of carbonyl (C=O) groups excluding carboxylic acids is 1. The summed E-state index contributed by atoms with van der Waals surface area (Å²) in [7, 11) is 0. The summed E-state index contributed by atoms with van der Waals surface area (Å²) in [6.07, 6.45) is 11.9. The van der Waals surface area contributed by atoms with Crippen LogP contribution in [0.2, 0.25) is 0 Å². The van der Waals surface area contributed by atoms with E-state index in [1.54, 1.807) is 11.3 Å². The first-order valence-electron chi connectivity index (χ1n) is 11.5. The van der Waals surface area contributed by atoms with E-state index in [0.717, 1.165) is 49.2 Å². The lowest BCUT2D eigenvalue weighted by Gasteiger charge is -2.23. The van der Waals surface area contributed by atoms with Crippen LogP contribution in [-0.4, -0.2) is 21.8 Å². The van der Waals surface area contributed by atoms with Gasteiger partial charge >= 0.3 is 5.97 Å². The largest absolute Gasteiger partial charge is 0.481 e. The minimum atomic E-state index is -0.835. The molecule has 1 heterocycles. The Kier molecular flexibility index (Phi) is 12.0. The second-order valence-electron chi connectivity index (χ2n) is 9.61. The lowest BCUT2D eigenvalue weighted by atomic mass is 9.80. The molecule has 0 amide bonds. The monoisotopic (exact) mass is 447 g/mol. The van der Waals surface area contributed by atoms with Gasteiger partial charge in [-0.3, -0.25) is 9.59 Å². The van der Waals surface area contributed by atoms with Crippen LogP contribution in [0.3, 0.4) is 0 Å². The molecule has 174 valence electrons. The molecule has 0 aromatic carbocycles. The number of ketones is 1. The molecule has 0 saturated heterocycles. The predicted molar refractivity (Wildman–Crippen MR) is 131 cm³/mol. The van der Waals surface area contributed by atoms with E-state index in [4.69, 9.17) is 5.11 Å². The van der Waals surface area contributed by atoms with Crippen LogP contribution in [-0.2, 0) is 9.59 Å². The summed E-state index contributed by atoms with van der Waals surface area (Å²) in [5, 5.41) is 12.0. The summed E-state index contributed by atoms with van der Waals surface area (Å²) in [5.41, 5.74) is 3.33. The summed E-state index contributed by atoms with van der Waals surface area (Å²) in [4.78, 5) is 27.7. The molecule has 0 saturated carbocycles. The van der Waals surface area contributed by atoms with Gasteiger partial charge in [0.15, 0.2) is 0 Å². The highest BCUT2D eigenvalue weighted by atomic mass is 32.1. The van der Waals surface area contributed by atoms with Crippen LogP contribution in [0.25, 0.3) is 6.08 Å². The Balaban J connectivity index is 2.25. The molecule has 0 aliphatic heterocycles. The van der Waals surface area contributed by atoms with Crippen molar-refractivity contribution in [1.82, 2.24) is 4.98 Å². The van der Waals surface area contributed by atoms with E-state index in [1.165, 1.54) is 11.1 Å². The number of hydrogen-bond acceptors (Lipinski definition) is 4. The summed E-state index contributed by atoms with van der Waals surface area (Å²) >= 11 is 1.69. The Morgan fingerprint density at radius 3 is 2.45 bits per heavy atom. The van der Waals surface area contributed by atoms with Crippen molar-refractivity contribution in [2.24, 2.45) is 11.3 Å². The Hall–Kier alpha value is -1.75. The van der Waals surface area contributed by atoms with E-state index in [2.05, 4.69) is 43.3 Å². The van der Waals surface area contributed by atoms with Gasteiger partial charge in [-0.2, -0.15) is 0 Å². The lowest BCUT2D eigenvalue weighted by molar-refractivity contribution is -0.138. The first-order chi connectivity index (χ1) is 14.5. The Morgan fingerprint density at radius 2 is 1.84 bits per heavy atom. The van der Waals surface area contributed by atoms with Gasteiger partial charge in [-0.15, -0.1) is 11.3 Å². The van der Waals surface area contributed by atoms with E-state index < -0.39 is 11.4 Å². The molecule has 1 rings (SSSR count). The van der Waals surface area contributed by atoms with Gasteiger partial charge in [0.25, 0.3) is 0 Å². The van der Waals surface area contributed by atoms with Crippen LogP contribution in [0, 0.1) is 18.3 Å². The fraction of sp³-hybridized carbons (Fsp3) is 0.654. The van der Waals surface area contributed by atoms with Gasteiger partial charge in [0.1, 0.15) is 5.78 Å². The number of aliphatic carboxylic acids is 1. The van der Waals surface area contributed by atoms with E-state index in [9.17, 15) is 9.59 Å². The highest BCUT2D eigenvalue weighted by Gasteiger charge is 2.27. The molecule has 1 N–H and O–H groups in total.